The van der Waals surface area contributed by atoms with Crippen molar-refractivity contribution < 1.29 is 4.79 Å². The Kier molecular flexibility index (Phi) is 4.70. The molecular formula is C14H22N2O. The third kappa shape index (κ3) is 5.50. The summed E-state index contributed by atoms with van der Waals surface area (Å²) in [5, 5.41) is 6.05. The van der Waals surface area contributed by atoms with Crippen LogP contribution in [0, 0.1) is 0 Å². The molecule has 0 bridgehead atoms. The quantitative estimate of drug-likeness (QED) is 0.840. The van der Waals surface area contributed by atoms with Crippen molar-refractivity contribution in [3.63, 3.8) is 0 Å². The fourth-order valence-electron chi connectivity index (χ4n) is 1.42. The zero-order valence-corrected chi connectivity index (χ0v) is 11.1. The minimum absolute atomic E-state index is 0.00632. The summed E-state index contributed by atoms with van der Waals surface area (Å²) in [5.74, 6) is -0.00632. The van der Waals surface area contributed by atoms with Crippen molar-refractivity contribution in [3.8, 4) is 0 Å². The van der Waals surface area contributed by atoms with E-state index in [1.165, 1.54) is 5.56 Å². The maximum atomic E-state index is 11.7. The molecule has 0 atom stereocenters. The lowest BCUT2D eigenvalue weighted by molar-refractivity contribution is -0.115. The number of carbonyl (C=O) groups is 1. The number of carbonyl (C=O) groups excluding carboxylic acids is 1. The van der Waals surface area contributed by atoms with E-state index in [2.05, 4.69) is 23.6 Å². The Morgan fingerprint density at radius 1 is 1.29 bits per heavy atom. The average Bonchev–Trinajstić information content (AvgIpc) is 2.26. The van der Waals surface area contributed by atoms with E-state index in [-0.39, 0.29) is 11.4 Å². The number of nitrogens with one attached hydrogen (secondary N) is 2. The summed E-state index contributed by atoms with van der Waals surface area (Å²) in [6.07, 6.45) is 0.976. The van der Waals surface area contributed by atoms with Crippen molar-refractivity contribution in [3.05, 3.63) is 29.8 Å². The minimum atomic E-state index is -0.0391. The summed E-state index contributed by atoms with van der Waals surface area (Å²) in [6, 6.07) is 7.94. The summed E-state index contributed by atoms with van der Waals surface area (Å²) >= 11 is 0. The SMILES string of the molecule is CCc1cccc(NC(=O)CNC(C)(C)C)c1. The van der Waals surface area contributed by atoms with E-state index >= 15 is 0 Å². The van der Waals surface area contributed by atoms with E-state index in [4.69, 9.17) is 0 Å². The standard InChI is InChI=1S/C14H22N2O/c1-5-11-7-6-8-12(9-11)16-13(17)10-15-14(2,3)4/h6-9,15H,5,10H2,1-4H3,(H,16,17). The normalized spacial score (nSPS) is 11.3. The summed E-state index contributed by atoms with van der Waals surface area (Å²) in [7, 11) is 0. The van der Waals surface area contributed by atoms with Gasteiger partial charge >= 0.3 is 0 Å². The highest BCUT2D eigenvalue weighted by Crippen LogP contribution is 2.10. The molecule has 0 saturated heterocycles. The first-order valence-corrected chi connectivity index (χ1v) is 6.04. The molecule has 0 aliphatic rings. The molecule has 1 aromatic carbocycles. The highest BCUT2D eigenvalue weighted by molar-refractivity contribution is 5.92. The highest BCUT2D eigenvalue weighted by Gasteiger charge is 2.11. The van der Waals surface area contributed by atoms with Crippen LogP contribution in [0.15, 0.2) is 24.3 Å². The number of benzene rings is 1. The highest BCUT2D eigenvalue weighted by atomic mass is 16.1. The second kappa shape index (κ2) is 5.82. The summed E-state index contributed by atoms with van der Waals surface area (Å²) < 4.78 is 0. The maximum Gasteiger partial charge on any atom is 0.238 e. The van der Waals surface area contributed by atoms with Crippen molar-refractivity contribution in [1.82, 2.24) is 5.32 Å². The molecule has 0 aromatic heterocycles. The van der Waals surface area contributed by atoms with Crippen LogP contribution < -0.4 is 10.6 Å². The molecular weight excluding hydrogens is 212 g/mol. The molecule has 1 aromatic rings. The van der Waals surface area contributed by atoms with Gasteiger partial charge in [-0.2, -0.15) is 0 Å². The number of hydrogen-bond acceptors (Lipinski definition) is 2. The van der Waals surface area contributed by atoms with Crippen LogP contribution in [0.25, 0.3) is 0 Å². The van der Waals surface area contributed by atoms with Crippen LogP contribution in [0.4, 0.5) is 5.69 Å². The van der Waals surface area contributed by atoms with Gasteiger partial charge < -0.3 is 10.6 Å². The molecule has 0 aliphatic heterocycles. The van der Waals surface area contributed by atoms with Gasteiger partial charge in [0.1, 0.15) is 0 Å². The average molecular weight is 234 g/mol. The molecule has 3 heteroatoms. The first-order valence-electron chi connectivity index (χ1n) is 6.04. The van der Waals surface area contributed by atoms with Crippen molar-refractivity contribution in [2.75, 3.05) is 11.9 Å². The van der Waals surface area contributed by atoms with Crippen LogP contribution in [-0.2, 0) is 11.2 Å². The number of amides is 1. The predicted octanol–water partition coefficient (Wildman–Crippen LogP) is 2.58. The number of aryl methyl sites for hydroxylation is 1. The van der Waals surface area contributed by atoms with Crippen LogP contribution in [0.2, 0.25) is 0 Å². The Hall–Kier alpha value is -1.35. The zero-order chi connectivity index (χ0) is 12.9. The van der Waals surface area contributed by atoms with Gasteiger partial charge in [-0.25, -0.2) is 0 Å². The van der Waals surface area contributed by atoms with Crippen LogP contribution in [0.3, 0.4) is 0 Å². The fourth-order valence-corrected chi connectivity index (χ4v) is 1.42. The summed E-state index contributed by atoms with van der Waals surface area (Å²) in [4.78, 5) is 11.7. The molecule has 17 heavy (non-hydrogen) atoms. The molecule has 0 spiro atoms. The third-order valence-corrected chi connectivity index (χ3v) is 2.40. The van der Waals surface area contributed by atoms with Gasteiger partial charge in [-0.05, 0) is 44.9 Å². The second-order valence-electron chi connectivity index (χ2n) is 5.21. The monoisotopic (exact) mass is 234 g/mol. The Labute approximate surface area is 104 Å². The smallest absolute Gasteiger partial charge is 0.238 e. The Balaban J connectivity index is 2.50. The molecule has 3 nitrogen and oxygen atoms in total. The van der Waals surface area contributed by atoms with E-state index < -0.39 is 0 Å². The zero-order valence-electron chi connectivity index (χ0n) is 11.1. The van der Waals surface area contributed by atoms with Gasteiger partial charge in [0.25, 0.3) is 0 Å². The molecule has 94 valence electrons. The van der Waals surface area contributed by atoms with Crippen molar-refractivity contribution >= 4 is 11.6 Å². The lowest BCUT2D eigenvalue weighted by Crippen LogP contribution is -2.41. The van der Waals surface area contributed by atoms with Crippen molar-refractivity contribution in [1.29, 1.82) is 0 Å². The summed E-state index contributed by atoms with van der Waals surface area (Å²) in [5.41, 5.74) is 2.06. The van der Waals surface area contributed by atoms with Crippen LogP contribution in [0.5, 0.6) is 0 Å². The maximum absolute atomic E-state index is 11.7. The van der Waals surface area contributed by atoms with Gasteiger partial charge in [0, 0.05) is 11.2 Å². The Morgan fingerprint density at radius 2 is 2.00 bits per heavy atom. The van der Waals surface area contributed by atoms with Crippen molar-refractivity contribution in [2.45, 2.75) is 39.7 Å². The molecule has 0 heterocycles. The second-order valence-corrected chi connectivity index (χ2v) is 5.21. The topological polar surface area (TPSA) is 41.1 Å². The first-order chi connectivity index (χ1) is 7.90. The van der Waals surface area contributed by atoms with E-state index in [9.17, 15) is 4.79 Å². The van der Waals surface area contributed by atoms with E-state index in [1.807, 2.05) is 39.0 Å². The number of anilines is 1. The Morgan fingerprint density at radius 3 is 2.59 bits per heavy atom. The lowest BCUT2D eigenvalue weighted by atomic mass is 10.1. The van der Waals surface area contributed by atoms with E-state index in [1.54, 1.807) is 0 Å². The molecule has 2 N–H and O–H groups in total. The molecule has 1 rings (SSSR count). The molecule has 0 saturated carbocycles. The molecule has 1 amide bonds. The number of hydrogen-bond donors (Lipinski definition) is 2. The summed E-state index contributed by atoms with van der Waals surface area (Å²) in [6.45, 7) is 8.55. The Bertz CT molecular complexity index is 380. The van der Waals surface area contributed by atoms with Gasteiger partial charge in [0.2, 0.25) is 5.91 Å². The van der Waals surface area contributed by atoms with Gasteiger partial charge in [-0.15, -0.1) is 0 Å². The largest absolute Gasteiger partial charge is 0.325 e. The number of rotatable bonds is 4. The van der Waals surface area contributed by atoms with E-state index in [0.717, 1.165) is 12.1 Å². The first kappa shape index (κ1) is 13.7. The van der Waals surface area contributed by atoms with Gasteiger partial charge in [-0.3, -0.25) is 4.79 Å². The molecule has 0 aliphatic carbocycles. The van der Waals surface area contributed by atoms with E-state index in [0.29, 0.717) is 6.54 Å². The lowest BCUT2D eigenvalue weighted by Gasteiger charge is -2.20. The molecule has 0 radical (unpaired) electrons. The van der Waals surface area contributed by atoms with Crippen LogP contribution in [-0.4, -0.2) is 18.0 Å². The minimum Gasteiger partial charge on any atom is -0.325 e. The van der Waals surface area contributed by atoms with Gasteiger partial charge in [0.15, 0.2) is 0 Å². The molecule has 0 unspecified atom stereocenters. The van der Waals surface area contributed by atoms with Crippen LogP contribution in [0.1, 0.15) is 33.3 Å². The van der Waals surface area contributed by atoms with Crippen molar-refractivity contribution in [2.24, 2.45) is 0 Å². The van der Waals surface area contributed by atoms with Gasteiger partial charge in [0.05, 0.1) is 6.54 Å². The van der Waals surface area contributed by atoms with Gasteiger partial charge in [-0.1, -0.05) is 19.1 Å². The molecule has 0 fully saturated rings. The van der Waals surface area contributed by atoms with Crippen LogP contribution >= 0.6 is 0 Å². The fraction of sp³-hybridized carbons (Fsp3) is 0.500. The third-order valence-electron chi connectivity index (χ3n) is 2.40. The predicted molar refractivity (Wildman–Crippen MR) is 72.2 cm³/mol.